The average molecular weight is 2180 g/mol. The second kappa shape index (κ2) is 54.4. The molecule has 6 aromatic carbocycles. The Bertz CT molecular complexity index is 4210. The van der Waals surface area contributed by atoms with Gasteiger partial charge in [0.2, 0.25) is 0 Å². The van der Waals surface area contributed by atoms with Crippen LogP contribution in [0, 0.1) is 10.7 Å². The Hall–Kier alpha value is -5.97. The van der Waals surface area contributed by atoms with Crippen LogP contribution in [0.2, 0.25) is 0 Å². The van der Waals surface area contributed by atoms with Crippen molar-refractivity contribution in [2.24, 2.45) is 0 Å². The van der Waals surface area contributed by atoms with Crippen LogP contribution in [0.5, 0.6) is 34.5 Å². The Labute approximate surface area is 767 Å². The highest BCUT2D eigenvalue weighted by molar-refractivity contribution is 14.1. The summed E-state index contributed by atoms with van der Waals surface area (Å²) >= 11 is 6.22. The van der Waals surface area contributed by atoms with E-state index in [-0.39, 0.29) is 0 Å². The zero-order valence-electron chi connectivity index (χ0n) is 75.8. The van der Waals surface area contributed by atoms with Crippen LogP contribution < -0.4 is 27.1 Å². The summed E-state index contributed by atoms with van der Waals surface area (Å²) in [5, 5.41) is 0. The van der Waals surface area contributed by atoms with Gasteiger partial charge in [0, 0.05) is 0 Å². The molecule has 6 aromatic rings. The molecule has 690 valence electrons. The van der Waals surface area contributed by atoms with E-state index in [2.05, 4.69) is 67.8 Å². The second-order valence-corrected chi connectivity index (χ2v) is 47.6. The van der Waals surface area contributed by atoms with Gasteiger partial charge in [0.25, 0.3) is 0 Å². The third-order valence-electron chi connectivity index (χ3n) is 15.8. The summed E-state index contributed by atoms with van der Waals surface area (Å²) in [6.07, 6.45) is 0. The smallest absolute Gasteiger partial charge is 0.394 e. The Balaban J connectivity index is 0.000000738. The molecule has 0 amide bonds. The lowest BCUT2D eigenvalue weighted by atomic mass is 10.2. The molecular weight excluding hydrogens is 2060 g/mol. The van der Waals surface area contributed by atoms with Crippen molar-refractivity contribution in [1.29, 1.82) is 0 Å². The molecule has 6 rings (SSSR count). The van der Waals surface area contributed by atoms with E-state index < -0.39 is 81.8 Å². The summed E-state index contributed by atoms with van der Waals surface area (Å²) in [6.45, 7) is 12.3. The van der Waals surface area contributed by atoms with Crippen molar-refractivity contribution in [3.8, 4) is 34.5 Å². The van der Waals surface area contributed by atoms with E-state index >= 15 is 0 Å². The minimum absolute atomic E-state index is 0.300. The second-order valence-electron chi connectivity index (χ2n) is 27.5. The number of hydrogen-bond acceptors (Lipinski definition) is 24. The molecule has 0 aliphatic heterocycles. The standard InChI is InChI=1S/3C13H20IN2O4P.3C13H21N2O4P/c3*1-6-19-13(17)10-7-8-11(14)12(9-10)20-21(18,15(2)3)16(4)5;3*1-6-18-13(16)11-8-7-9-12(10-11)19-20(17,14(2)3)15(4)5/h3*7-9H,6H2,1-5H3;3*7-10H,6H2,1-5H3. The topological polar surface area (TPSA) is 354 Å². The third-order valence-corrected chi connectivity index (χ3v) is 33.2. The van der Waals surface area contributed by atoms with Crippen molar-refractivity contribution >= 4 is 150 Å². The van der Waals surface area contributed by atoms with Gasteiger partial charge in [-0.05, 0) is 388 Å². The monoisotopic (exact) mass is 2180 g/mol. The first-order valence-corrected chi connectivity index (χ1v) is 50.1. The van der Waals surface area contributed by atoms with Crippen LogP contribution in [-0.4, -0.2) is 301 Å². The van der Waals surface area contributed by atoms with Gasteiger partial charge in [-0.15, -0.1) is 0 Å². The van der Waals surface area contributed by atoms with E-state index in [1.807, 2.05) is 0 Å². The van der Waals surface area contributed by atoms with Gasteiger partial charge < -0.3 is 55.6 Å². The van der Waals surface area contributed by atoms with Crippen molar-refractivity contribution < 1.29 is 112 Å². The molecule has 0 fully saturated rings. The number of halogens is 3. The van der Waals surface area contributed by atoms with Gasteiger partial charge >= 0.3 is 81.8 Å². The lowest BCUT2D eigenvalue weighted by Gasteiger charge is -2.30. The predicted molar refractivity (Wildman–Crippen MR) is 506 cm³/mol. The average Bonchev–Trinajstić information content (AvgIpc) is 0.811. The van der Waals surface area contributed by atoms with E-state index in [0.717, 1.165) is 10.7 Å². The molecule has 0 unspecified atom stereocenters. The highest BCUT2D eigenvalue weighted by atomic mass is 127. The lowest BCUT2D eigenvalue weighted by molar-refractivity contribution is 0.0516. The fraction of sp³-hybridized carbons (Fsp3) is 0.462. The Kier molecular flexibility index (Phi) is 50.9. The Morgan fingerprint density at radius 1 is 0.228 bits per heavy atom. The zero-order chi connectivity index (χ0) is 94.6. The summed E-state index contributed by atoms with van der Waals surface area (Å²) in [7, 11) is 21.4. The summed E-state index contributed by atoms with van der Waals surface area (Å²) in [4.78, 5) is 70.3. The maximum Gasteiger partial charge on any atom is 0.394 e. The summed E-state index contributed by atoms with van der Waals surface area (Å²) in [5.41, 5.74) is 2.22. The molecule has 0 saturated carbocycles. The first kappa shape index (κ1) is 115. The number of rotatable bonds is 36. The van der Waals surface area contributed by atoms with E-state index in [1.165, 1.54) is 74.2 Å². The van der Waals surface area contributed by atoms with Crippen LogP contribution in [0.3, 0.4) is 0 Å². The number of ether oxygens (including phenoxy) is 6. The van der Waals surface area contributed by atoms with Crippen molar-refractivity contribution in [3.63, 3.8) is 0 Å². The number of benzene rings is 6. The first-order chi connectivity index (χ1) is 57.1. The SMILES string of the molecule is CCOC(=O)c1ccc(I)c(OP(=O)(N(C)C)N(C)C)c1.CCOC(=O)c1ccc(I)c(OP(=O)(N(C)C)N(C)C)c1.CCOC(=O)c1ccc(I)c(OP(=O)(N(C)C)N(C)C)c1.CCOC(=O)c1cccc(OP(=O)(N(C)C)N(C)C)c1.CCOC(=O)c1cccc(OP(=O)(N(C)C)N(C)C)c1.CCOC(=O)c1cccc(OP(=O)(N(C)C)N(C)C)c1. The third kappa shape index (κ3) is 35.2. The normalized spacial score (nSPS) is 11.8. The summed E-state index contributed by atoms with van der Waals surface area (Å²) in [5.74, 6) is -0.295. The van der Waals surface area contributed by atoms with Gasteiger partial charge in [-0.25, -0.2) is 112 Å². The van der Waals surface area contributed by atoms with Gasteiger partial charge in [0.1, 0.15) is 34.5 Å². The van der Waals surface area contributed by atoms with Crippen LogP contribution in [-0.2, 0) is 55.8 Å². The molecule has 0 aliphatic rings. The Morgan fingerprint density at radius 3 is 0.520 bits per heavy atom. The van der Waals surface area contributed by atoms with Crippen LogP contribution in [0.25, 0.3) is 0 Å². The summed E-state index contributed by atoms with van der Waals surface area (Å²) in [6, 6.07) is 34.2. The van der Waals surface area contributed by atoms with Crippen molar-refractivity contribution in [1.82, 2.24) is 56.0 Å². The Morgan fingerprint density at radius 2 is 0.374 bits per heavy atom. The predicted octanol–water partition coefficient (Wildman–Crippen LogP) is 16.7. The number of carbonyl (C=O) groups is 6. The molecule has 45 heteroatoms. The largest absolute Gasteiger partial charge is 0.462 e. The number of hydrogen-bond donors (Lipinski definition) is 0. The molecule has 0 heterocycles. The zero-order valence-corrected chi connectivity index (χ0v) is 87.7. The fourth-order valence-electron chi connectivity index (χ4n) is 9.35. The number of nitrogens with zero attached hydrogens (tertiary/aromatic N) is 12. The van der Waals surface area contributed by atoms with Crippen molar-refractivity contribution in [3.05, 3.63) is 171 Å². The maximum atomic E-state index is 12.9. The molecule has 0 aromatic heterocycles. The molecule has 0 spiro atoms. The lowest BCUT2D eigenvalue weighted by Crippen LogP contribution is -2.24. The van der Waals surface area contributed by atoms with E-state index in [1.54, 1.807) is 320 Å². The highest BCUT2D eigenvalue weighted by Crippen LogP contribution is 2.56. The minimum Gasteiger partial charge on any atom is -0.462 e. The first-order valence-electron chi connectivity index (χ1n) is 37.7. The van der Waals surface area contributed by atoms with Gasteiger partial charge in [-0.3, -0.25) is 0 Å². The molecular formula is C78H123I3N12O24P6. The summed E-state index contributed by atoms with van der Waals surface area (Å²) < 4.78 is 161. The molecule has 0 N–H and O–H groups in total. The highest BCUT2D eigenvalue weighted by Gasteiger charge is 2.38. The molecule has 123 heavy (non-hydrogen) atoms. The van der Waals surface area contributed by atoms with Crippen molar-refractivity contribution in [2.45, 2.75) is 41.5 Å². The van der Waals surface area contributed by atoms with E-state index in [4.69, 9.17) is 55.6 Å². The molecule has 0 radical (unpaired) electrons. The van der Waals surface area contributed by atoms with E-state index in [0.29, 0.717) is 108 Å². The minimum atomic E-state index is -3.17. The molecule has 0 aliphatic carbocycles. The molecule has 0 atom stereocenters. The van der Waals surface area contributed by atoms with Gasteiger partial charge in [-0.2, -0.15) is 0 Å². The van der Waals surface area contributed by atoms with Gasteiger partial charge in [-0.1, -0.05) is 18.2 Å². The van der Waals surface area contributed by atoms with Crippen LogP contribution >= 0.6 is 114 Å². The van der Waals surface area contributed by atoms with Crippen molar-refractivity contribution in [2.75, 3.05) is 209 Å². The molecule has 0 saturated heterocycles. The van der Waals surface area contributed by atoms with Gasteiger partial charge in [0.15, 0.2) is 0 Å². The molecule has 0 bridgehead atoms. The van der Waals surface area contributed by atoms with Crippen LogP contribution in [0.4, 0.5) is 0 Å². The van der Waals surface area contributed by atoms with Crippen LogP contribution in [0.1, 0.15) is 104 Å². The number of carbonyl (C=O) groups excluding carboxylic acids is 6. The van der Waals surface area contributed by atoms with Gasteiger partial charge in [0.05, 0.1) is 83.7 Å². The van der Waals surface area contributed by atoms with E-state index in [9.17, 15) is 56.2 Å². The molecule has 36 nitrogen and oxygen atoms in total. The quantitative estimate of drug-likeness (QED) is 0.0153. The number of esters is 6. The van der Waals surface area contributed by atoms with Crippen LogP contribution in [0.15, 0.2) is 127 Å². The fourth-order valence-corrected chi connectivity index (χ4v) is 19.8. The maximum absolute atomic E-state index is 12.9.